The van der Waals surface area contributed by atoms with E-state index in [2.05, 4.69) is 0 Å². The van der Waals surface area contributed by atoms with Crippen LogP contribution in [0.25, 0.3) is 11.1 Å². The van der Waals surface area contributed by atoms with Crippen LogP contribution in [0.15, 0.2) is 48.5 Å². The quantitative estimate of drug-likeness (QED) is 0.369. The van der Waals surface area contributed by atoms with Crippen LogP contribution in [0.3, 0.4) is 0 Å². The van der Waals surface area contributed by atoms with Crippen molar-refractivity contribution in [2.24, 2.45) is 0 Å². The molecule has 1 amide bonds. The molecule has 8 heteroatoms. The number of benzene rings is 3. The van der Waals surface area contributed by atoms with Crippen LogP contribution in [0.2, 0.25) is 0 Å². The second-order valence-corrected chi connectivity index (χ2v) is 11.6. The van der Waals surface area contributed by atoms with Gasteiger partial charge in [-0.2, -0.15) is 0 Å². The molecule has 0 unspecified atom stereocenters. The highest BCUT2D eigenvalue weighted by Crippen LogP contribution is 2.47. The maximum Gasteiger partial charge on any atom is 0.410 e. The summed E-state index contributed by atoms with van der Waals surface area (Å²) in [6.45, 7) is 8.63. The number of hydrogen-bond acceptors (Lipinski definition) is 5. The van der Waals surface area contributed by atoms with Crippen LogP contribution in [0.5, 0.6) is 0 Å². The number of hydrogen-bond donors (Lipinski definition) is 3. The minimum Gasteiger partial charge on any atom is -0.444 e. The third-order valence-corrected chi connectivity index (χ3v) is 7.64. The molecule has 4 rings (SSSR count). The zero-order chi connectivity index (χ0) is 29.4. The van der Waals surface area contributed by atoms with Gasteiger partial charge < -0.3 is 25.0 Å². The highest BCUT2D eigenvalue weighted by molar-refractivity contribution is 5.72. The summed E-state index contributed by atoms with van der Waals surface area (Å²) < 4.78 is 34.2. The minimum absolute atomic E-state index is 0.0165. The molecule has 1 heterocycles. The average molecular weight is 554 g/mol. The summed E-state index contributed by atoms with van der Waals surface area (Å²) in [5.74, 6) is -2.98. The molecule has 214 valence electrons. The molecule has 2 atom stereocenters. The number of piperidine rings is 1. The molecule has 3 aromatic rings. The number of aliphatic hydroxyl groups excluding tert-OH is 2. The summed E-state index contributed by atoms with van der Waals surface area (Å²) in [5.41, 5.74) is 2.85. The van der Waals surface area contributed by atoms with Crippen molar-refractivity contribution < 1.29 is 33.6 Å². The van der Waals surface area contributed by atoms with Gasteiger partial charge in [-0.15, -0.1) is 0 Å². The zero-order valence-corrected chi connectivity index (χ0v) is 23.6. The second-order valence-electron chi connectivity index (χ2n) is 11.6. The van der Waals surface area contributed by atoms with Gasteiger partial charge in [0.15, 0.2) is 11.6 Å². The van der Waals surface area contributed by atoms with Gasteiger partial charge in [0.1, 0.15) is 11.2 Å². The number of carbonyl (C=O) groups is 1. The van der Waals surface area contributed by atoms with Gasteiger partial charge in [0.05, 0.1) is 13.2 Å². The molecule has 0 aromatic heterocycles. The predicted octanol–water partition coefficient (Wildman–Crippen LogP) is 5.85. The van der Waals surface area contributed by atoms with Crippen LogP contribution in [0.4, 0.5) is 13.6 Å². The second kappa shape index (κ2) is 11.3. The van der Waals surface area contributed by atoms with E-state index >= 15 is 0 Å². The van der Waals surface area contributed by atoms with Crippen LogP contribution in [-0.4, -0.2) is 45.0 Å². The topological polar surface area (TPSA) is 90.2 Å². The molecular formula is C32H37F2NO5. The summed E-state index contributed by atoms with van der Waals surface area (Å²) in [6, 6.07) is 13.3. The minimum atomic E-state index is -1.71. The molecule has 0 bridgehead atoms. The smallest absolute Gasteiger partial charge is 0.410 e. The van der Waals surface area contributed by atoms with E-state index in [1.54, 1.807) is 20.8 Å². The number of amides is 1. The molecule has 3 aromatic carbocycles. The number of nitrogens with zero attached hydrogens (tertiary/aromatic N) is 1. The largest absolute Gasteiger partial charge is 0.444 e. The molecule has 6 nitrogen and oxygen atoms in total. The summed E-state index contributed by atoms with van der Waals surface area (Å²) in [6.07, 6.45) is -0.517. The van der Waals surface area contributed by atoms with Crippen LogP contribution in [0.1, 0.15) is 66.5 Å². The Morgan fingerprint density at radius 2 is 1.68 bits per heavy atom. The average Bonchev–Trinajstić information content (AvgIpc) is 2.89. The molecule has 1 fully saturated rings. The normalized spacial score (nSPS) is 19.6. The van der Waals surface area contributed by atoms with Crippen LogP contribution < -0.4 is 0 Å². The van der Waals surface area contributed by atoms with Crippen molar-refractivity contribution in [2.45, 2.75) is 71.4 Å². The van der Waals surface area contributed by atoms with Crippen molar-refractivity contribution in [1.82, 2.24) is 4.90 Å². The first-order valence-corrected chi connectivity index (χ1v) is 13.4. The Bertz CT molecular complexity index is 1420. The molecule has 0 radical (unpaired) electrons. The standard InChI is InChI=1S/C32H37F2NO5/c1-19-7-6-8-22(17-36)29(19)21-9-10-24(20(2)13-21)26-16-35(30(38)40-31(3,4)5)12-11-32(26,39)25-15-28(34)27(33)14-23(25)18-37/h6-10,13-15,26,36-37,39H,11-12,16-18H2,1-5H3/t26-,32+/m1/s1. The van der Waals surface area contributed by atoms with Crippen molar-refractivity contribution >= 4 is 6.09 Å². The van der Waals surface area contributed by atoms with Gasteiger partial charge in [0.25, 0.3) is 0 Å². The molecule has 1 aliphatic rings. The van der Waals surface area contributed by atoms with Gasteiger partial charge in [-0.25, -0.2) is 13.6 Å². The van der Waals surface area contributed by atoms with E-state index in [0.29, 0.717) is 5.56 Å². The molecule has 0 saturated carbocycles. The van der Waals surface area contributed by atoms with Crippen molar-refractivity contribution in [2.75, 3.05) is 13.1 Å². The Kier molecular flexibility index (Phi) is 8.36. The monoisotopic (exact) mass is 553 g/mol. The van der Waals surface area contributed by atoms with E-state index < -0.39 is 41.5 Å². The third-order valence-electron chi connectivity index (χ3n) is 7.64. The highest BCUT2D eigenvalue weighted by atomic mass is 19.2. The van der Waals surface area contributed by atoms with Gasteiger partial charge in [-0.1, -0.05) is 36.4 Å². The zero-order valence-electron chi connectivity index (χ0n) is 23.6. The van der Waals surface area contributed by atoms with E-state index in [-0.39, 0.29) is 37.2 Å². The lowest BCUT2D eigenvalue weighted by atomic mass is 9.70. The summed E-state index contributed by atoms with van der Waals surface area (Å²) in [7, 11) is 0. The maximum absolute atomic E-state index is 14.5. The lowest BCUT2D eigenvalue weighted by Crippen LogP contribution is -2.52. The van der Waals surface area contributed by atoms with Gasteiger partial charge in [0, 0.05) is 19.0 Å². The lowest BCUT2D eigenvalue weighted by Gasteiger charge is -2.46. The van der Waals surface area contributed by atoms with Gasteiger partial charge in [-0.05, 0) is 97.7 Å². The van der Waals surface area contributed by atoms with E-state index in [1.807, 2.05) is 50.2 Å². The molecule has 40 heavy (non-hydrogen) atoms. The van der Waals surface area contributed by atoms with Crippen molar-refractivity contribution in [3.05, 3.63) is 93.5 Å². The van der Waals surface area contributed by atoms with E-state index in [4.69, 9.17) is 4.74 Å². The predicted molar refractivity (Wildman–Crippen MR) is 149 cm³/mol. The first-order valence-electron chi connectivity index (χ1n) is 13.4. The number of aliphatic hydroxyl groups is 3. The molecule has 0 aliphatic carbocycles. The first-order chi connectivity index (χ1) is 18.8. The summed E-state index contributed by atoms with van der Waals surface area (Å²) in [4.78, 5) is 14.6. The molecule has 1 saturated heterocycles. The van der Waals surface area contributed by atoms with Crippen molar-refractivity contribution in [3.63, 3.8) is 0 Å². The molecule has 1 aliphatic heterocycles. The van der Waals surface area contributed by atoms with E-state index in [1.165, 1.54) is 4.90 Å². The molecular weight excluding hydrogens is 516 g/mol. The number of carbonyl (C=O) groups excluding carboxylic acids is 1. The van der Waals surface area contributed by atoms with Crippen molar-refractivity contribution in [1.29, 1.82) is 0 Å². The Hall–Kier alpha value is -3.33. The van der Waals surface area contributed by atoms with Crippen LogP contribution in [-0.2, 0) is 23.6 Å². The Balaban J connectivity index is 1.84. The van der Waals surface area contributed by atoms with Crippen LogP contribution >= 0.6 is 0 Å². The number of rotatable bonds is 5. The van der Waals surface area contributed by atoms with Crippen molar-refractivity contribution in [3.8, 4) is 11.1 Å². The number of ether oxygens (including phenoxy) is 1. The van der Waals surface area contributed by atoms with Crippen LogP contribution in [0, 0.1) is 25.5 Å². The SMILES string of the molecule is Cc1cc(-c2c(C)cccc2CO)ccc1[C@H]1CN(C(=O)OC(C)(C)C)CC[C@]1(O)c1cc(F)c(F)cc1CO. The Labute approximate surface area is 233 Å². The van der Waals surface area contributed by atoms with Gasteiger partial charge in [0.2, 0.25) is 0 Å². The number of likely N-dealkylation sites (tertiary alicyclic amines) is 1. The van der Waals surface area contributed by atoms with Gasteiger partial charge in [-0.3, -0.25) is 0 Å². The molecule has 3 N–H and O–H groups in total. The van der Waals surface area contributed by atoms with E-state index in [0.717, 1.165) is 39.9 Å². The fourth-order valence-electron chi connectivity index (χ4n) is 5.73. The first kappa shape index (κ1) is 29.6. The Morgan fingerprint density at radius 3 is 2.30 bits per heavy atom. The lowest BCUT2D eigenvalue weighted by molar-refractivity contribution is -0.0541. The number of halogens is 2. The van der Waals surface area contributed by atoms with Gasteiger partial charge >= 0.3 is 6.09 Å². The fraction of sp³-hybridized carbons (Fsp3) is 0.406. The Morgan fingerprint density at radius 1 is 1.00 bits per heavy atom. The third kappa shape index (κ3) is 5.75. The maximum atomic E-state index is 14.5. The highest BCUT2D eigenvalue weighted by Gasteiger charge is 2.47. The summed E-state index contributed by atoms with van der Waals surface area (Å²) >= 11 is 0. The van der Waals surface area contributed by atoms with E-state index in [9.17, 15) is 28.9 Å². The fourth-order valence-corrected chi connectivity index (χ4v) is 5.73. The summed E-state index contributed by atoms with van der Waals surface area (Å²) in [5, 5.41) is 32.2. The molecule has 0 spiro atoms. The number of aryl methyl sites for hydroxylation is 2.